The molecule has 3 N–H and O–H groups in total. The van der Waals surface area contributed by atoms with Crippen molar-refractivity contribution in [1.29, 1.82) is 0 Å². The summed E-state index contributed by atoms with van der Waals surface area (Å²) < 4.78 is 27.3. The van der Waals surface area contributed by atoms with E-state index < -0.39 is 10.2 Å². The van der Waals surface area contributed by atoms with Gasteiger partial charge in [-0.15, -0.1) is 0 Å². The molecule has 1 aliphatic rings. The van der Waals surface area contributed by atoms with Crippen LogP contribution < -0.4 is 10.5 Å². The zero-order chi connectivity index (χ0) is 10.8. The predicted molar refractivity (Wildman–Crippen MR) is 56.0 cm³/mol. The Hall–Kier alpha value is -0.170. The van der Waals surface area contributed by atoms with Crippen molar-refractivity contribution in [3.05, 3.63) is 0 Å². The Balaban J connectivity index is 2.51. The Labute approximate surface area is 85.8 Å². The van der Waals surface area contributed by atoms with Crippen LogP contribution in [0, 0.1) is 0 Å². The van der Waals surface area contributed by atoms with Crippen LogP contribution in [0.1, 0.15) is 26.2 Å². The van der Waals surface area contributed by atoms with Gasteiger partial charge < -0.3 is 5.73 Å². The normalized spacial score (nSPS) is 20.0. The van der Waals surface area contributed by atoms with Gasteiger partial charge in [0.05, 0.1) is 0 Å². The molecule has 0 spiro atoms. The lowest BCUT2D eigenvalue weighted by Gasteiger charge is -2.23. The third kappa shape index (κ3) is 3.20. The molecule has 5 nitrogen and oxygen atoms in total. The maximum Gasteiger partial charge on any atom is 0.279 e. The number of nitrogens with zero attached hydrogens (tertiary/aromatic N) is 1. The second-order valence-electron chi connectivity index (χ2n) is 3.84. The zero-order valence-corrected chi connectivity index (χ0v) is 9.55. The van der Waals surface area contributed by atoms with Gasteiger partial charge in [0.15, 0.2) is 0 Å². The average Bonchev–Trinajstić information content (AvgIpc) is 2.86. The smallest absolute Gasteiger partial charge is 0.279 e. The summed E-state index contributed by atoms with van der Waals surface area (Å²) in [6, 6.07) is 0.115. The van der Waals surface area contributed by atoms with Crippen molar-refractivity contribution in [1.82, 2.24) is 9.03 Å². The SMILES string of the molecule is CC(CCN)N(C)S(=O)(=O)NC1CC1. The number of nitrogens with two attached hydrogens (primary N) is 1. The monoisotopic (exact) mass is 221 g/mol. The van der Waals surface area contributed by atoms with Crippen molar-refractivity contribution in [2.24, 2.45) is 5.73 Å². The molecule has 1 aliphatic carbocycles. The molecular formula is C8H19N3O2S. The first-order chi connectivity index (χ1) is 6.47. The summed E-state index contributed by atoms with van der Waals surface area (Å²) in [6.45, 7) is 2.36. The Bertz CT molecular complexity index is 274. The molecule has 1 fully saturated rings. The van der Waals surface area contributed by atoms with Crippen LogP contribution in [0.3, 0.4) is 0 Å². The quantitative estimate of drug-likeness (QED) is 0.644. The second kappa shape index (κ2) is 4.57. The molecule has 0 aliphatic heterocycles. The van der Waals surface area contributed by atoms with Gasteiger partial charge in [-0.25, -0.2) is 0 Å². The molecule has 6 heteroatoms. The molecule has 0 amide bonds. The minimum Gasteiger partial charge on any atom is -0.330 e. The Morgan fingerprint density at radius 1 is 1.57 bits per heavy atom. The van der Waals surface area contributed by atoms with E-state index in [-0.39, 0.29) is 12.1 Å². The van der Waals surface area contributed by atoms with Crippen molar-refractivity contribution in [2.45, 2.75) is 38.3 Å². The highest BCUT2D eigenvalue weighted by Gasteiger charge is 2.30. The van der Waals surface area contributed by atoms with Gasteiger partial charge in [-0.2, -0.15) is 17.4 Å². The highest BCUT2D eigenvalue weighted by molar-refractivity contribution is 7.87. The molecule has 0 bridgehead atoms. The van der Waals surface area contributed by atoms with Crippen LogP contribution in [-0.4, -0.2) is 38.4 Å². The number of hydrogen-bond donors (Lipinski definition) is 2. The molecule has 84 valence electrons. The fraction of sp³-hybridized carbons (Fsp3) is 1.00. The number of nitrogens with one attached hydrogen (secondary N) is 1. The lowest BCUT2D eigenvalue weighted by atomic mass is 10.2. The first-order valence-electron chi connectivity index (χ1n) is 4.92. The summed E-state index contributed by atoms with van der Waals surface area (Å²) in [4.78, 5) is 0. The predicted octanol–water partition coefficient (Wildman–Crippen LogP) is -0.348. The molecule has 0 radical (unpaired) electrons. The Morgan fingerprint density at radius 2 is 2.14 bits per heavy atom. The van der Waals surface area contributed by atoms with E-state index in [9.17, 15) is 8.42 Å². The van der Waals surface area contributed by atoms with Gasteiger partial charge in [0.1, 0.15) is 0 Å². The first kappa shape index (κ1) is 11.9. The van der Waals surface area contributed by atoms with Gasteiger partial charge >= 0.3 is 0 Å². The van der Waals surface area contributed by atoms with Crippen LogP contribution in [-0.2, 0) is 10.2 Å². The summed E-state index contributed by atoms with van der Waals surface area (Å²) in [6.07, 6.45) is 2.60. The van der Waals surface area contributed by atoms with E-state index in [0.717, 1.165) is 12.8 Å². The summed E-state index contributed by atoms with van der Waals surface area (Å²) in [5.74, 6) is 0. The van der Waals surface area contributed by atoms with Crippen LogP contribution in [0.15, 0.2) is 0 Å². The molecule has 0 aromatic rings. The summed E-state index contributed by atoms with van der Waals surface area (Å²) in [5.41, 5.74) is 5.38. The van der Waals surface area contributed by atoms with Gasteiger partial charge in [-0.3, -0.25) is 0 Å². The summed E-state index contributed by atoms with van der Waals surface area (Å²) in [7, 11) is -1.70. The third-order valence-corrected chi connectivity index (χ3v) is 4.23. The van der Waals surface area contributed by atoms with Crippen LogP contribution in [0.25, 0.3) is 0 Å². The van der Waals surface area contributed by atoms with E-state index >= 15 is 0 Å². The van der Waals surface area contributed by atoms with Crippen molar-refractivity contribution >= 4 is 10.2 Å². The molecule has 0 aromatic carbocycles. The van der Waals surface area contributed by atoms with Gasteiger partial charge in [0, 0.05) is 19.1 Å². The summed E-state index contributed by atoms with van der Waals surface area (Å²) >= 11 is 0. The standard InChI is InChI=1S/C8H19N3O2S/c1-7(5-6-9)11(2)14(12,13)10-8-3-4-8/h7-8,10H,3-6,9H2,1-2H3. The lowest BCUT2D eigenvalue weighted by molar-refractivity contribution is 0.368. The van der Waals surface area contributed by atoms with Gasteiger partial charge in [-0.05, 0) is 32.7 Å². The minimum absolute atomic E-state index is 0.0451. The van der Waals surface area contributed by atoms with E-state index in [2.05, 4.69) is 4.72 Å². The average molecular weight is 221 g/mol. The van der Waals surface area contributed by atoms with E-state index in [1.807, 2.05) is 6.92 Å². The van der Waals surface area contributed by atoms with E-state index in [0.29, 0.717) is 13.0 Å². The molecule has 0 aromatic heterocycles. The van der Waals surface area contributed by atoms with E-state index in [1.165, 1.54) is 4.31 Å². The zero-order valence-electron chi connectivity index (χ0n) is 8.73. The molecule has 1 unspecified atom stereocenters. The largest absolute Gasteiger partial charge is 0.330 e. The highest BCUT2D eigenvalue weighted by Crippen LogP contribution is 2.20. The Kier molecular flexibility index (Phi) is 3.88. The fourth-order valence-corrected chi connectivity index (χ4v) is 2.56. The Morgan fingerprint density at radius 3 is 2.57 bits per heavy atom. The molecule has 1 atom stereocenters. The van der Waals surface area contributed by atoms with Crippen LogP contribution in [0.2, 0.25) is 0 Å². The molecule has 1 rings (SSSR count). The topological polar surface area (TPSA) is 75.4 Å². The van der Waals surface area contributed by atoms with Crippen LogP contribution >= 0.6 is 0 Å². The molecule has 0 heterocycles. The van der Waals surface area contributed by atoms with E-state index in [4.69, 9.17) is 5.73 Å². The number of rotatable bonds is 6. The van der Waals surface area contributed by atoms with Gasteiger partial charge in [0.25, 0.3) is 10.2 Å². The molecule has 14 heavy (non-hydrogen) atoms. The van der Waals surface area contributed by atoms with Gasteiger partial charge in [-0.1, -0.05) is 0 Å². The maximum absolute atomic E-state index is 11.7. The lowest BCUT2D eigenvalue weighted by Crippen LogP contribution is -2.44. The van der Waals surface area contributed by atoms with Crippen LogP contribution in [0.5, 0.6) is 0 Å². The van der Waals surface area contributed by atoms with E-state index in [1.54, 1.807) is 7.05 Å². The summed E-state index contributed by atoms with van der Waals surface area (Å²) in [5, 5.41) is 0. The maximum atomic E-state index is 11.7. The van der Waals surface area contributed by atoms with Crippen molar-refractivity contribution in [3.63, 3.8) is 0 Å². The third-order valence-electron chi connectivity index (χ3n) is 2.48. The first-order valence-corrected chi connectivity index (χ1v) is 6.36. The molecule has 0 saturated heterocycles. The highest BCUT2D eigenvalue weighted by atomic mass is 32.2. The van der Waals surface area contributed by atoms with Crippen molar-refractivity contribution in [3.8, 4) is 0 Å². The van der Waals surface area contributed by atoms with Crippen molar-refractivity contribution in [2.75, 3.05) is 13.6 Å². The number of hydrogen-bond acceptors (Lipinski definition) is 3. The van der Waals surface area contributed by atoms with Gasteiger partial charge in [0.2, 0.25) is 0 Å². The molecule has 1 saturated carbocycles. The fourth-order valence-electron chi connectivity index (χ4n) is 1.15. The molecular weight excluding hydrogens is 202 g/mol. The van der Waals surface area contributed by atoms with Crippen LogP contribution in [0.4, 0.5) is 0 Å². The second-order valence-corrected chi connectivity index (χ2v) is 5.60. The van der Waals surface area contributed by atoms with Crippen molar-refractivity contribution < 1.29 is 8.42 Å². The minimum atomic E-state index is -3.29.